The summed E-state index contributed by atoms with van der Waals surface area (Å²) in [6.45, 7) is 0. The van der Waals surface area contributed by atoms with Gasteiger partial charge in [0, 0.05) is 27.1 Å². The van der Waals surface area contributed by atoms with E-state index in [1.54, 1.807) is 12.3 Å². The molecule has 0 spiro atoms. The Kier molecular flexibility index (Phi) is 3.78. The van der Waals surface area contributed by atoms with Crippen molar-refractivity contribution in [1.82, 2.24) is 4.98 Å². The summed E-state index contributed by atoms with van der Waals surface area (Å²) in [5, 5.41) is 0.922. The van der Waals surface area contributed by atoms with E-state index in [9.17, 15) is 4.79 Å². The van der Waals surface area contributed by atoms with Gasteiger partial charge < -0.3 is 0 Å². The maximum Gasteiger partial charge on any atom is 0.167 e. The van der Waals surface area contributed by atoms with Gasteiger partial charge in [-0.2, -0.15) is 0 Å². The molecule has 0 fully saturated rings. The van der Waals surface area contributed by atoms with Crippen LogP contribution in [0, 0.1) is 3.57 Å². The topological polar surface area (TPSA) is 30.0 Å². The minimum atomic E-state index is 0.129. The summed E-state index contributed by atoms with van der Waals surface area (Å²) in [7, 11) is 0. The van der Waals surface area contributed by atoms with E-state index in [-0.39, 0.29) is 5.78 Å². The molecule has 3 aromatic rings. The van der Waals surface area contributed by atoms with Crippen molar-refractivity contribution in [3.63, 3.8) is 0 Å². The lowest BCUT2D eigenvalue weighted by atomic mass is 10.00. The number of benzene rings is 2. The molecule has 0 aliphatic heterocycles. The van der Waals surface area contributed by atoms with Crippen LogP contribution in [0.3, 0.4) is 0 Å². The van der Waals surface area contributed by atoms with Gasteiger partial charge in [-0.1, -0.05) is 30.3 Å². The maximum atomic E-state index is 12.5. The highest BCUT2D eigenvalue weighted by Gasteiger charge is 2.11. The van der Waals surface area contributed by atoms with Crippen molar-refractivity contribution in [2.24, 2.45) is 0 Å². The predicted octanol–water partition coefficient (Wildman–Crippen LogP) is 4.26. The zero-order chi connectivity index (χ0) is 13.9. The van der Waals surface area contributed by atoms with Gasteiger partial charge >= 0.3 is 0 Å². The molecule has 0 radical (unpaired) electrons. The van der Waals surface area contributed by atoms with Gasteiger partial charge in [0.2, 0.25) is 0 Å². The smallest absolute Gasteiger partial charge is 0.167 e. The lowest BCUT2D eigenvalue weighted by molar-refractivity contribution is 0.0994. The van der Waals surface area contributed by atoms with E-state index >= 15 is 0 Å². The van der Waals surface area contributed by atoms with E-state index in [1.807, 2.05) is 48.5 Å². The van der Waals surface area contributed by atoms with E-state index < -0.39 is 0 Å². The molecular weight excluding hydrogens is 361 g/mol. The average molecular weight is 373 g/mol. The number of pyridine rings is 1. The molecule has 0 bridgehead atoms. The average Bonchev–Trinajstić information content (AvgIpc) is 2.49. The molecule has 20 heavy (non-hydrogen) atoms. The molecule has 0 N–H and O–H groups in total. The molecule has 3 heteroatoms. The van der Waals surface area contributed by atoms with Crippen LogP contribution in [-0.2, 0) is 6.42 Å². The highest BCUT2D eigenvalue weighted by atomic mass is 127. The minimum absolute atomic E-state index is 0.129. The number of nitrogens with zero attached hydrogens (tertiary/aromatic N) is 1. The molecule has 1 heterocycles. The van der Waals surface area contributed by atoms with E-state index in [0.717, 1.165) is 22.0 Å². The maximum absolute atomic E-state index is 12.5. The molecule has 0 aliphatic carbocycles. The second-order valence-electron chi connectivity index (χ2n) is 4.60. The number of carbonyl (C=O) groups excluding carboxylic acids is 1. The molecule has 3 rings (SSSR count). The lowest BCUT2D eigenvalue weighted by Gasteiger charge is -2.05. The first kappa shape index (κ1) is 13.2. The van der Waals surface area contributed by atoms with Gasteiger partial charge in [0.25, 0.3) is 0 Å². The Morgan fingerprint density at radius 3 is 2.55 bits per heavy atom. The van der Waals surface area contributed by atoms with E-state index in [1.165, 1.54) is 3.57 Å². The Bertz CT molecular complexity index is 760. The SMILES string of the molecule is O=C(Cc1ccc(I)cc1)c1ccnc2ccccc12. The monoisotopic (exact) mass is 373 g/mol. The number of hydrogen-bond acceptors (Lipinski definition) is 2. The summed E-state index contributed by atoms with van der Waals surface area (Å²) in [6, 6.07) is 17.6. The third-order valence-electron chi connectivity index (χ3n) is 3.23. The van der Waals surface area contributed by atoms with Gasteiger partial charge in [0.1, 0.15) is 0 Å². The second kappa shape index (κ2) is 5.71. The number of aromatic nitrogens is 1. The molecule has 2 nitrogen and oxygen atoms in total. The predicted molar refractivity (Wildman–Crippen MR) is 88.9 cm³/mol. The van der Waals surface area contributed by atoms with Crippen molar-refractivity contribution in [3.05, 3.63) is 75.5 Å². The van der Waals surface area contributed by atoms with Crippen LogP contribution in [0.15, 0.2) is 60.8 Å². The third kappa shape index (κ3) is 2.72. The minimum Gasteiger partial charge on any atom is -0.294 e. The van der Waals surface area contributed by atoms with Gasteiger partial charge in [-0.05, 0) is 52.4 Å². The summed E-state index contributed by atoms with van der Waals surface area (Å²) >= 11 is 2.26. The Morgan fingerprint density at radius 2 is 1.75 bits per heavy atom. The quantitative estimate of drug-likeness (QED) is 0.507. The van der Waals surface area contributed by atoms with Gasteiger partial charge in [0.15, 0.2) is 5.78 Å². The Balaban J connectivity index is 1.94. The number of hydrogen-bond donors (Lipinski definition) is 0. The first-order valence-electron chi connectivity index (χ1n) is 6.35. The zero-order valence-electron chi connectivity index (χ0n) is 10.7. The van der Waals surface area contributed by atoms with E-state index in [0.29, 0.717) is 6.42 Å². The van der Waals surface area contributed by atoms with E-state index in [4.69, 9.17) is 0 Å². The highest BCUT2D eigenvalue weighted by Crippen LogP contribution is 2.18. The third-order valence-corrected chi connectivity index (χ3v) is 3.95. The fraction of sp³-hybridized carbons (Fsp3) is 0.0588. The fourth-order valence-corrected chi connectivity index (χ4v) is 2.58. The first-order valence-corrected chi connectivity index (χ1v) is 7.43. The number of halogens is 1. The van der Waals surface area contributed by atoms with Crippen molar-refractivity contribution in [2.45, 2.75) is 6.42 Å². The molecule has 0 atom stereocenters. The number of para-hydroxylation sites is 1. The highest BCUT2D eigenvalue weighted by molar-refractivity contribution is 14.1. The summed E-state index contributed by atoms with van der Waals surface area (Å²) in [4.78, 5) is 16.8. The van der Waals surface area contributed by atoms with Crippen LogP contribution in [0.25, 0.3) is 10.9 Å². The van der Waals surface area contributed by atoms with Crippen LogP contribution in [0.4, 0.5) is 0 Å². The standard InChI is InChI=1S/C17H12INO/c18-13-7-5-12(6-8-13)11-17(20)15-9-10-19-16-4-2-1-3-14(15)16/h1-10H,11H2. The molecule has 0 saturated heterocycles. The van der Waals surface area contributed by atoms with Crippen molar-refractivity contribution in [2.75, 3.05) is 0 Å². The van der Waals surface area contributed by atoms with Crippen molar-refractivity contribution >= 4 is 39.3 Å². The number of ketones is 1. The molecule has 0 aliphatic rings. The molecule has 2 aromatic carbocycles. The Labute approximate surface area is 131 Å². The van der Waals surface area contributed by atoms with Crippen molar-refractivity contribution in [3.8, 4) is 0 Å². The normalized spacial score (nSPS) is 10.7. The number of rotatable bonds is 3. The van der Waals surface area contributed by atoms with Crippen LogP contribution in [0.1, 0.15) is 15.9 Å². The molecule has 0 unspecified atom stereocenters. The Morgan fingerprint density at radius 1 is 1.00 bits per heavy atom. The molecule has 1 aromatic heterocycles. The van der Waals surface area contributed by atoms with Gasteiger partial charge in [-0.15, -0.1) is 0 Å². The van der Waals surface area contributed by atoms with Crippen LogP contribution >= 0.6 is 22.6 Å². The second-order valence-corrected chi connectivity index (χ2v) is 5.85. The fourth-order valence-electron chi connectivity index (χ4n) is 2.22. The van der Waals surface area contributed by atoms with Gasteiger partial charge in [0.05, 0.1) is 5.52 Å². The van der Waals surface area contributed by atoms with Gasteiger partial charge in [-0.25, -0.2) is 0 Å². The number of carbonyl (C=O) groups is 1. The van der Waals surface area contributed by atoms with Crippen LogP contribution in [0.2, 0.25) is 0 Å². The van der Waals surface area contributed by atoms with Gasteiger partial charge in [-0.3, -0.25) is 9.78 Å². The van der Waals surface area contributed by atoms with Crippen LogP contribution in [-0.4, -0.2) is 10.8 Å². The summed E-state index contributed by atoms with van der Waals surface area (Å²) < 4.78 is 1.17. The zero-order valence-corrected chi connectivity index (χ0v) is 12.9. The summed E-state index contributed by atoms with van der Waals surface area (Å²) in [6.07, 6.45) is 2.12. The largest absolute Gasteiger partial charge is 0.294 e. The van der Waals surface area contributed by atoms with Crippen LogP contribution in [0.5, 0.6) is 0 Å². The summed E-state index contributed by atoms with van der Waals surface area (Å²) in [5.74, 6) is 0.129. The van der Waals surface area contributed by atoms with Crippen molar-refractivity contribution in [1.29, 1.82) is 0 Å². The Hall–Kier alpha value is -1.75. The van der Waals surface area contributed by atoms with Crippen molar-refractivity contribution < 1.29 is 4.79 Å². The number of fused-ring (bicyclic) bond motifs is 1. The first-order chi connectivity index (χ1) is 9.74. The lowest BCUT2D eigenvalue weighted by Crippen LogP contribution is -2.04. The molecule has 0 saturated carbocycles. The molecule has 0 amide bonds. The summed E-state index contributed by atoms with van der Waals surface area (Å²) in [5.41, 5.74) is 2.64. The van der Waals surface area contributed by atoms with Crippen LogP contribution < -0.4 is 0 Å². The molecular formula is C17H12INO. The number of Topliss-reactive ketones (excluding diaryl/α,β-unsaturated/α-hetero) is 1. The van der Waals surface area contributed by atoms with E-state index in [2.05, 4.69) is 27.6 Å². The molecule has 98 valence electrons.